The van der Waals surface area contributed by atoms with Crippen LogP contribution in [-0.2, 0) is 16.8 Å². The minimum Gasteiger partial charge on any atom is -0.338 e. The van der Waals surface area contributed by atoms with Crippen LogP contribution in [0.1, 0.15) is 25.0 Å². The molecule has 0 bridgehead atoms. The van der Waals surface area contributed by atoms with Crippen molar-refractivity contribution in [1.82, 2.24) is 10.6 Å². The molecule has 0 aromatic heterocycles. The third kappa shape index (κ3) is 1.90. The Morgan fingerprint density at radius 2 is 1.94 bits per heavy atom. The summed E-state index contributed by atoms with van der Waals surface area (Å²) in [6, 6.07) is 8.08. The van der Waals surface area contributed by atoms with Crippen molar-refractivity contribution in [3.63, 3.8) is 0 Å². The van der Waals surface area contributed by atoms with Crippen molar-refractivity contribution >= 4 is 11.9 Å². The Morgan fingerprint density at radius 1 is 1.29 bits per heavy atom. The molecule has 1 saturated heterocycles. The predicted molar refractivity (Wildman–Crippen MR) is 67.8 cm³/mol. The van der Waals surface area contributed by atoms with Crippen LogP contribution in [0.15, 0.2) is 29.3 Å². The first-order valence-corrected chi connectivity index (χ1v) is 5.76. The molecule has 1 aliphatic rings. The molecule has 0 radical (unpaired) electrons. The van der Waals surface area contributed by atoms with Gasteiger partial charge in [0.1, 0.15) is 5.54 Å². The van der Waals surface area contributed by atoms with Crippen molar-refractivity contribution in [1.29, 1.82) is 0 Å². The largest absolute Gasteiger partial charge is 0.338 e. The maximum absolute atomic E-state index is 12.0. The highest BCUT2D eigenvalue weighted by molar-refractivity contribution is 6.09. The molecule has 1 aromatic carbocycles. The Hall–Kier alpha value is -1.84. The van der Waals surface area contributed by atoms with Crippen molar-refractivity contribution in [2.75, 3.05) is 7.05 Å². The summed E-state index contributed by atoms with van der Waals surface area (Å²) in [5.74, 6) is 0.458. The number of carbonyl (C=O) groups is 1. The SMILES string of the molecule is CCc1ccc(C2(C)NC(=NC)NC2=O)cc1. The second kappa shape index (κ2) is 4.20. The normalized spacial score (nSPS) is 25.8. The minimum absolute atomic E-state index is 0.0673. The molecular formula is C13H17N3O. The van der Waals surface area contributed by atoms with Gasteiger partial charge in [0.05, 0.1) is 0 Å². The number of hydrogen-bond donors (Lipinski definition) is 2. The highest BCUT2D eigenvalue weighted by Gasteiger charge is 2.41. The lowest BCUT2D eigenvalue weighted by Crippen LogP contribution is -2.40. The molecule has 0 spiro atoms. The van der Waals surface area contributed by atoms with Gasteiger partial charge in [0.25, 0.3) is 5.91 Å². The number of nitrogens with zero attached hydrogens (tertiary/aromatic N) is 1. The Bertz CT molecular complexity index is 464. The topological polar surface area (TPSA) is 53.5 Å². The standard InChI is InChI=1S/C13H17N3O/c1-4-9-5-7-10(8-6-9)13(2)11(17)15-12(14-3)16-13/h5-8H,4H2,1-3H3,(H2,14,15,16,17). The molecule has 1 amide bonds. The van der Waals surface area contributed by atoms with Gasteiger partial charge in [0.15, 0.2) is 5.96 Å². The van der Waals surface area contributed by atoms with Gasteiger partial charge in [-0.15, -0.1) is 0 Å². The average molecular weight is 231 g/mol. The molecule has 4 heteroatoms. The number of aryl methyl sites for hydroxylation is 1. The lowest BCUT2D eigenvalue weighted by molar-refractivity contribution is -0.123. The summed E-state index contributed by atoms with van der Waals surface area (Å²) in [7, 11) is 1.65. The van der Waals surface area contributed by atoms with Gasteiger partial charge in [-0.3, -0.25) is 15.1 Å². The molecular weight excluding hydrogens is 214 g/mol. The molecule has 2 N–H and O–H groups in total. The van der Waals surface area contributed by atoms with Crippen molar-refractivity contribution < 1.29 is 4.79 Å². The number of hydrogen-bond acceptors (Lipinski definition) is 2. The molecule has 0 aliphatic carbocycles. The molecule has 1 fully saturated rings. The minimum atomic E-state index is -0.721. The van der Waals surface area contributed by atoms with E-state index in [9.17, 15) is 4.79 Å². The van der Waals surface area contributed by atoms with E-state index in [-0.39, 0.29) is 5.91 Å². The van der Waals surface area contributed by atoms with Gasteiger partial charge < -0.3 is 5.32 Å². The maximum Gasteiger partial charge on any atom is 0.256 e. The fourth-order valence-electron chi connectivity index (χ4n) is 1.95. The number of amides is 1. The third-order valence-electron chi connectivity index (χ3n) is 3.22. The van der Waals surface area contributed by atoms with Gasteiger partial charge in [0, 0.05) is 7.05 Å². The summed E-state index contributed by atoms with van der Waals surface area (Å²) in [6.07, 6.45) is 0.998. The molecule has 17 heavy (non-hydrogen) atoms. The van der Waals surface area contributed by atoms with Gasteiger partial charge >= 0.3 is 0 Å². The van der Waals surface area contributed by atoms with Crippen LogP contribution in [0.5, 0.6) is 0 Å². The van der Waals surface area contributed by atoms with E-state index in [1.54, 1.807) is 7.05 Å². The van der Waals surface area contributed by atoms with Crippen LogP contribution in [0.3, 0.4) is 0 Å². The zero-order valence-corrected chi connectivity index (χ0v) is 10.4. The van der Waals surface area contributed by atoms with E-state index in [2.05, 4.69) is 34.7 Å². The number of rotatable bonds is 2. The fraction of sp³-hybridized carbons (Fsp3) is 0.385. The van der Waals surface area contributed by atoms with Crippen LogP contribution >= 0.6 is 0 Å². The molecule has 1 heterocycles. The fourth-order valence-corrected chi connectivity index (χ4v) is 1.95. The van der Waals surface area contributed by atoms with E-state index in [1.165, 1.54) is 5.56 Å². The number of carbonyl (C=O) groups excluding carboxylic acids is 1. The maximum atomic E-state index is 12.0. The zero-order valence-electron chi connectivity index (χ0n) is 10.4. The molecule has 1 aliphatic heterocycles. The second-order valence-electron chi connectivity index (χ2n) is 4.33. The molecule has 4 nitrogen and oxygen atoms in total. The highest BCUT2D eigenvalue weighted by atomic mass is 16.2. The van der Waals surface area contributed by atoms with Crippen molar-refractivity contribution in [2.45, 2.75) is 25.8 Å². The van der Waals surface area contributed by atoms with E-state index in [1.807, 2.05) is 19.1 Å². The van der Waals surface area contributed by atoms with Crippen LogP contribution in [0.25, 0.3) is 0 Å². The lowest BCUT2D eigenvalue weighted by Gasteiger charge is -2.21. The zero-order chi connectivity index (χ0) is 12.5. The lowest BCUT2D eigenvalue weighted by atomic mass is 9.91. The number of benzene rings is 1. The van der Waals surface area contributed by atoms with Gasteiger partial charge in [0.2, 0.25) is 0 Å². The van der Waals surface area contributed by atoms with E-state index < -0.39 is 5.54 Å². The monoisotopic (exact) mass is 231 g/mol. The van der Waals surface area contributed by atoms with Crippen LogP contribution in [0.4, 0.5) is 0 Å². The number of guanidine groups is 1. The molecule has 0 saturated carbocycles. The summed E-state index contributed by atoms with van der Waals surface area (Å²) < 4.78 is 0. The summed E-state index contributed by atoms with van der Waals surface area (Å²) in [5, 5.41) is 5.83. The molecule has 1 aromatic rings. The van der Waals surface area contributed by atoms with Crippen molar-refractivity contribution in [2.24, 2.45) is 4.99 Å². The van der Waals surface area contributed by atoms with E-state index in [0.29, 0.717) is 5.96 Å². The average Bonchev–Trinajstić information content (AvgIpc) is 2.66. The van der Waals surface area contributed by atoms with Gasteiger partial charge in [-0.1, -0.05) is 31.2 Å². The Labute approximate surface area is 101 Å². The van der Waals surface area contributed by atoms with Crippen LogP contribution in [-0.4, -0.2) is 18.9 Å². The first kappa shape index (κ1) is 11.6. The van der Waals surface area contributed by atoms with Gasteiger partial charge in [-0.25, -0.2) is 0 Å². The summed E-state index contributed by atoms with van der Waals surface area (Å²) in [6.45, 7) is 3.97. The van der Waals surface area contributed by atoms with E-state index in [4.69, 9.17) is 0 Å². The van der Waals surface area contributed by atoms with E-state index >= 15 is 0 Å². The third-order valence-corrected chi connectivity index (χ3v) is 3.22. The van der Waals surface area contributed by atoms with Crippen LogP contribution in [0, 0.1) is 0 Å². The first-order valence-electron chi connectivity index (χ1n) is 5.76. The Kier molecular flexibility index (Phi) is 2.88. The predicted octanol–water partition coefficient (Wildman–Crippen LogP) is 1.17. The quantitative estimate of drug-likeness (QED) is 0.802. The first-order chi connectivity index (χ1) is 8.10. The molecule has 2 rings (SSSR count). The summed E-state index contributed by atoms with van der Waals surface area (Å²) in [5.41, 5.74) is 1.49. The summed E-state index contributed by atoms with van der Waals surface area (Å²) >= 11 is 0. The second-order valence-corrected chi connectivity index (χ2v) is 4.33. The van der Waals surface area contributed by atoms with E-state index in [0.717, 1.165) is 12.0 Å². The highest BCUT2D eigenvalue weighted by Crippen LogP contribution is 2.24. The van der Waals surface area contributed by atoms with Gasteiger partial charge in [-0.2, -0.15) is 0 Å². The van der Waals surface area contributed by atoms with Gasteiger partial charge in [-0.05, 0) is 24.5 Å². The molecule has 90 valence electrons. The Balaban J connectivity index is 2.35. The number of nitrogens with one attached hydrogen (secondary N) is 2. The van der Waals surface area contributed by atoms with Crippen molar-refractivity contribution in [3.8, 4) is 0 Å². The Morgan fingerprint density at radius 3 is 2.41 bits per heavy atom. The summed E-state index contributed by atoms with van der Waals surface area (Å²) in [4.78, 5) is 15.9. The van der Waals surface area contributed by atoms with Crippen LogP contribution in [0.2, 0.25) is 0 Å². The molecule has 1 atom stereocenters. The van der Waals surface area contributed by atoms with Crippen molar-refractivity contribution in [3.05, 3.63) is 35.4 Å². The smallest absolute Gasteiger partial charge is 0.256 e. The molecule has 1 unspecified atom stereocenters. The number of aliphatic imine (C=N–C) groups is 1. The van der Waals surface area contributed by atoms with Crippen LogP contribution < -0.4 is 10.6 Å².